The summed E-state index contributed by atoms with van der Waals surface area (Å²) >= 11 is 6.02. The predicted molar refractivity (Wildman–Crippen MR) is 81.6 cm³/mol. The van der Waals surface area contributed by atoms with E-state index in [1.165, 1.54) is 31.2 Å². The second-order valence-electron chi connectivity index (χ2n) is 5.46. The third-order valence-corrected chi connectivity index (χ3v) is 4.40. The van der Waals surface area contributed by atoms with Crippen molar-refractivity contribution in [1.82, 2.24) is 10.2 Å². The standard InChI is InChI=1S/C15H16ClF3N2O4/c1-3-25-12(22)10-11(8-6-4-5-7-9(8)16)20-13(23)21(2)14(10,24)15(17,18)19/h4-7,10-11,24H,3H2,1-2H3,(H,20,23)/t10-,11-,14+/m1/s1. The Bertz CT molecular complexity index is 685. The third-order valence-electron chi connectivity index (χ3n) is 4.06. The molecular formula is C15H16ClF3N2O4. The van der Waals surface area contributed by atoms with Crippen molar-refractivity contribution in [3.63, 3.8) is 0 Å². The van der Waals surface area contributed by atoms with E-state index in [-0.39, 0.29) is 22.1 Å². The lowest BCUT2D eigenvalue weighted by atomic mass is 9.81. The molecule has 0 spiro atoms. The summed E-state index contributed by atoms with van der Waals surface area (Å²) in [6.07, 6.45) is -5.31. The number of benzene rings is 1. The zero-order valence-corrected chi connectivity index (χ0v) is 14.1. The summed E-state index contributed by atoms with van der Waals surface area (Å²) in [5.41, 5.74) is -3.70. The Hall–Kier alpha value is -2.00. The highest BCUT2D eigenvalue weighted by atomic mass is 35.5. The van der Waals surface area contributed by atoms with Crippen molar-refractivity contribution >= 4 is 23.6 Å². The Morgan fingerprint density at radius 2 is 2.04 bits per heavy atom. The van der Waals surface area contributed by atoms with Gasteiger partial charge in [-0.3, -0.25) is 9.69 Å². The number of carbonyl (C=O) groups is 2. The van der Waals surface area contributed by atoms with E-state index in [0.717, 1.165) is 7.05 Å². The minimum atomic E-state index is -5.31. The molecule has 0 saturated carbocycles. The highest BCUT2D eigenvalue weighted by Crippen LogP contribution is 2.47. The van der Waals surface area contributed by atoms with Gasteiger partial charge in [0.2, 0.25) is 0 Å². The molecule has 0 aromatic heterocycles. The molecule has 1 aromatic carbocycles. The summed E-state index contributed by atoms with van der Waals surface area (Å²) in [6.45, 7) is 1.22. The van der Waals surface area contributed by atoms with Gasteiger partial charge in [0.1, 0.15) is 5.92 Å². The van der Waals surface area contributed by atoms with E-state index in [9.17, 15) is 27.9 Å². The zero-order valence-electron chi connectivity index (χ0n) is 13.3. The number of urea groups is 1. The Morgan fingerprint density at radius 1 is 1.44 bits per heavy atom. The lowest BCUT2D eigenvalue weighted by molar-refractivity contribution is -0.328. The fourth-order valence-corrected chi connectivity index (χ4v) is 3.05. The number of nitrogens with one attached hydrogen (secondary N) is 1. The fraction of sp³-hybridized carbons (Fsp3) is 0.467. The maximum Gasteiger partial charge on any atom is 0.437 e. The Labute approximate surface area is 146 Å². The number of alkyl halides is 3. The molecule has 10 heteroatoms. The van der Waals surface area contributed by atoms with E-state index in [4.69, 9.17) is 16.3 Å². The number of rotatable bonds is 3. The van der Waals surface area contributed by atoms with Crippen LogP contribution in [0.2, 0.25) is 5.02 Å². The van der Waals surface area contributed by atoms with Crippen LogP contribution in [0.5, 0.6) is 0 Å². The van der Waals surface area contributed by atoms with Gasteiger partial charge in [0.05, 0.1) is 12.6 Å². The summed E-state index contributed by atoms with van der Waals surface area (Å²) in [4.78, 5) is 24.4. The molecule has 138 valence electrons. The lowest BCUT2D eigenvalue weighted by Crippen LogP contribution is -2.73. The second kappa shape index (κ2) is 6.72. The van der Waals surface area contributed by atoms with Crippen LogP contribution in [-0.4, -0.2) is 47.6 Å². The summed E-state index contributed by atoms with van der Waals surface area (Å²) in [7, 11) is 0.748. The molecule has 6 nitrogen and oxygen atoms in total. The number of hydrogen-bond donors (Lipinski definition) is 2. The first-order valence-electron chi connectivity index (χ1n) is 7.30. The first-order chi connectivity index (χ1) is 11.6. The Morgan fingerprint density at radius 3 is 2.56 bits per heavy atom. The number of nitrogens with zero attached hydrogens (tertiary/aromatic N) is 1. The molecule has 2 N–H and O–H groups in total. The van der Waals surface area contributed by atoms with Gasteiger partial charge < -0.3 is 15.2 Å². The van der Waals surface area contributed by atoms with E-state index in [1.807, 2.05) is 0 Å². The van der Waals surface area contributed by atoms with Crippen LogP contribution >= 0.6 is 11.6 Å². The van der Waals surface area contributed by atoms with Gasteiger partial charge in [-0.1, -0.05) is 29.8 Å². The third kappa shape index (κ3) is 3.13. The summed E-state index contributed by atoms with van der Waals surface area (Å²) < 4.78 is 45.8. The van der Waals surface area contributed by atoms with Gasteiger partial charge in [0.25, 0.3) is 5.72 Å². The highest BCUT2D eigenvalue weighted by Gasteiger charge is 2.70. The molecule has 3 atom stereocenters. The van der Waals surface area contributed by atoms with Crippen molar-refractivity contribution in [2.75, 3.05) is 13.7 Å². The van der Waals surface area contributed by atoms with Gasteiger partial charge in [0, 0.05) is 12.1 Å². The summed E-state index contributed by atoms with van der Waals surface area (Å²) in [5.74, 6) is -3.48. The molecule has 1 aliphatic heterocycles. The van der Waals surface area contributed by atoms with Gasteiger partial charge in [0.15, 0.2) is 0 Å². The first kappa shape index (κ1) is 19.3. The average molecular weight is 381 g/mol. The van der Waals surface area contributed by atoms with Crippen LogP contribution < -0.4 is 5.32 Å². The van der Waals surface area contributed by atoms with Crippen LogP contribution in [-0.2, 0) is 9.53 Å². The van der Waals surface area contributed by atoms with E-state index >= 15 is 0 Å². The minimum Gasteiger partial charge on any atom is -0.466 e. The van der Waals surface area contributed by atoms with E-state index < -0.39 is 35.9 Å². The second-order valence-corrected chi connectivity index (χ2v) is 5.87. The molecule has 1 heterocycles. The van der Waals surface area contributed by atoms with Gasteiger partial charge in [-0.25, -0.2) is 4.79 Å². The molecule has 1 fully saturated rings. The smallest absolute Gasteiger partial charge is 0.437 e. The molecule has 0 radical (unpaired) electrons. The van der Waals surface area contributed by atoms with Crippen molar-refractivity contribution in [2.24, 2.45) is 5.92 Å². The quantitative estimate of drug-likeness (QED) is 0.790. The van der Waals surface area contributed by atoms with E-state index in [1.54, 1.807) is 0 Å². The van der Waals surface area contributed by atoms with Crippen LogP contribution in [0.25, 0.3) is 0 Å². The molecule has 25 heavy (non-hydrogen) atoms. The molecule has 0 bridgehead atoms. The molecule has 2 amide bonds. The fourth-order valence-electron chi connectivity index (χ4n) is 2.79. The number of carbonyl (C=O) groups excluding carboxylic acids is 2. The van der Waals surface area contributed by atoms with Crippen molar-refractivity contribution in [3.8, 4) is 0 Å². The van der Waals surface area contributed by atoms with Gasteiger partial charge in [-0.05, 0) is 18.6 Å². The number of ether oxygens (including phenoxy) is 1. The largest absolute Gasteiger partial charge is 0.466 e. The van der Waals surface area contributed by atoms with Crippen LogP contribution in [0.15, 0.2) is 24.3 Å². The van der Waals surface area contributed by atoms with Crippen molar-refractivity contribution in [2.45, 2.75) is 24.9 Å². The molecule has 0 unspecified atom stereocenters. The Kier molecular flexibility index (Phi) is 5.19. The highest BCUT2D eigenvalue weighted by molar-refractivity contribution is 6.31. The monoisotopic (exact) mass is 380 g/mol. The first-order valence-corrected chi connectivity index (χ1v) is 7.68. The van der Waals surface area contributed by atoms with Gasteiger partial charge >= 0.3 is 18.2 Å². The molecular weight excluding hydrogens is 365 g/mol. The van der Waals surface area contributed by atoms with Crippen LogP contribution in [0.4, 0.5) is 18.0 Å². The predicted octanol–water partition coefficient (Wildman–Crippen LogP) is 2.47. The van der Waals surface area contributed by atoms with E-state index in [0.29, 0.717) is 0 Å². The van der Waals surface area contributed by atoms with E-state index in [2.05, 4.69) is 5.32 Å². The molecule has 2 rings (SSSR count). The molecule has 1 aromatic rings. The number of amides is 2. The normalized spacial score (nSPS) is 27.0. The van der Waals surface area contributed by atoms with Crippen molar-refractivity contribution < 1.29 is 32.6 Å². The van der Waals surface area contributed by atoms with Gasteiger partial charge in [-0.2, -0.15) is 13.2 Å². The molecule has 0 aliphatic carbocycles. The molecule has 1 aliphatic rings. The van der Waals surface area contributed by atoms with Crippen LogP contribution in [0, 0.1) is 5.92 Å². The topological polar surface area (TPSA) is 78.9 Å². The number of halogens is 4. The average Bonchev–Trinajstić information content (AvgIpc) is 2.51. The summed E-state index contributed by atoms with van der Waals surface area (Å²) in [5, 5.41) is 12.7. The van der Waals surface area contributed by atoms with Crippen molar-refractivity contribution in [3.05, 3.63) is 34.9 Å². The minimum absolute atomic E-state index is 0.0381. The van der Waals surface area contributed by atoms with Crippen LogP contribution in [0.1, 0.15) is 18.5 Å². The number of esters is 1. The summed E-state index contributed by atoms with van der Waals surface area (Å²) in [6, 6.07) is 3.06. The maximum absolute atomic E-state index is 13.7. The maximum atomic E-state index is 13.7. The molecule has 1 saturated heterocycles. The SMILES string of the molecule is CCOC(=O)[C@H]1[C@@H](c2ccccc2Cl)NC(=O)N(C)[C@@]1(O)C(F)(F)F. The van der Waals surface area contributed by atoms with Gasteiger partial charge in [-0.15, -0.1) is 0 Å². The lowest BCUT2D eigenvalue weighted by Gasteiger charge is -2.49. The number of aliphatic hydroxyl groups is 1. The van der Waals surface area contributed by atoms with Crippen LogP contribution in [0.3, 0.4) is 0 Å². The zero-order chi connectivity index (χ0) is 19.0. The van der Waals surface area contributed by atoms with Crippen molar-refractivity contribution in [1.29, 1.82) is 0 Å². The Balaban J connectivity index is 2.67. The number of hydrogen-bond acceptors (Lipinski definition) is 4.